The molecule has 0 saturated heterocycles. The van der Waals surface area contributed by atoms with Gasteiger partial charge in [0.1, 0.15) is 11.2 Å². The van der Waals surface area contributed by atoms with Crippen LogP contribution in [0.5, 0.6) is 5.88 Å². The Hall–Kier alpha value is -2.71. The van der Waals surface area contributed by atoms with E-state index in [0.29, 0.717) is 0 Å². The van der Waals surface area contributed by atoms with Crippen molar-refractivity contribution in [3.63, 3.8) is 0 Å². The van der Waals surface area contributed by atoms with Crippen molar-refractivity contribution in [2.45, 2.75) is 39.7 Å². The molecule has 0 aromatic carbocycles. The smallest absolute Gasteiger partial charge is 0.345 e. The van der Waals surface area contributed by atoms with E-state index in [0.717, 1.165) is 6.07 Å². The Morgan fingerprint density at radius 2 is 1.96 bits per heavy atom. The van der Waals surface area contributed by atoms with E-state index in [2.05, 4.69) is 4.98 Å². The van der Waals surface area contributed by atoms with Crippen molar-refractivity contribution in [2.24, 2.45) is 0 Å². The van der Waals surface area contributed by atoms with Crippen LogP contribution in [0.25, 0.3) is 0 Å². The Morgan fingerprint density at radius 1 is 1.33 bits per heavy atom. The van der Waals surface area contributed by atoms with Crippen LogP contribution in [0, 0.1) is 10.1 Å². The normalized spacial score (nSPS) is 10.9. The highest BCUT2D eigenvalue weighted by atomic mass is 16.6. The highest BCUT2D eigenvalue weighted by Gasteiger charge is 2.30. The molecule has 1 heterocycles. The molecule has 1 aromatic heterocycles. The van der Waals surface area contributed by atoms with Crippen molar-refractivity contribution < 1.29 is 28.7 Å². The number of carbonyl (C=O) groups excluding carboxylic acids is 2. The minimum atomic E-state index is -0.893. The number of carbonyl (C=O) groups is 2. The molecule has 0 bridgehead atoms. The lowest BCUT2D eigenvalue weighted by Crippen LogP contribution is -2.25. The summed E-state index contributed by atoms with van der Waals surface area (Å²) in [6, 6.07) is 1.14. The van der Waals surface area contributed by atoms with E-state index in [1.807, 2.05) is 0 Å². The second kappa shape index (κ2) is 7.71. The summed E-state index contributed by atoms with van der Waals surface area (Å²) in [7, 11) is 1.18. The standard InChI is InChI=1S/C15H20N2O7/c1-6-23-14(19)10-7-9(8-11(18)24-15(2,3)4)16-13(22-5)12(10)17(20)21/h7H,6,8H2,1-5H3. The number of hydrogen-bond donors (Lipinski definition) is 0. The first-order valence-electron chi connectivity index (χ1n) is 7.20. The zero-order chi connectivity index (χ0) is 18.5. The van der Waals surface area contributed by atoms with Crippen LogP contribution < -0.4 is 4.74 Å². The minimum Gasteiger partial charge on any atom is -0.476 e. The molecule has 9 nitrogen and oxygen atoms in total. The van der Waals surface area contributed by atoms with Crippen molar-refractivity contribution in [1.82, 2.24) is 4.98 Å². The molecule has 132 valence electrons. The lowest BCUT2D eigenvalue weighted by atomic mass is 10.1. The van der Waals surface area contributed by atoms with Gasteiger partial charge in [-0.3, -0.25) is 14.9 Å². The number of nitro groups is 1. The quantitative estimate of drug-likeness (QED) is 0.438. The molecule has 0 aliphatic rings. The molecule has 0 spiro atoms. The number of nitrogens with zero attached hydrogens (tertiary/aromatic N) is 2. The van der Waals surface area contributed by atoms with Gasteiger partial charge in [0.25, 0.3) is 5.88 Å². The van der Waals surface area contributed by atoms with Crippen molar-refractivity contribution in [2.75, 3.05) is 13.7 Å². The fraction of sp³-hybridized carbons (Fsp3) is 0.533. The molecule has 0 aliphatic heterocycles. The molecule has 0 N–H and O–H groups in total. The first kappa shape index (κ1) is 19.3. The predicted molar refractivity (Wildman–Crippen MR) is 82.9 cm³/mol. The van der Waals surface area contributed by atoms with Gasteiger partial charge in [0.2, 0.25) is 0 Å². The van der Waals surface area contributed by atoms with Gasteiger partial charge in [-0.1, -0.05) is 0 Å². The Kier molecular flexibility index (Phi) is 6.21. The Labute approximate surface area is 139 Å². The number of pyridine rings is 1. The molecule has 24 heavy (non-hydrogen) atoms. The average molecular weight is 340 g/mol. The highest BCUT2D eigenvalue weighted by molar-refractivity contribution is 5.95. The molecule has 0 fully saturated rings. The maximum atomic E-state index is 12.0. The average Bonchev–Trinajstić information content (AvgIpc) is 2.43. The number of hydrogen-bond acceptors (Lipinski definition) is 8. The van der Waals surface area contributed by atoms with Crippen molar-refractivity contribution >= 4 is 17.6 Å². The molecule has 0 unspecified atom stereocenters. The lowest BCUT2D eigenvalue weighted by Gasteiger charge is -2.19. The Balaban J connectivity index is 3.28. The van der Waals surface area contributed by atoms with E-state index < -0.39 is 28.2 Å². The first-order valence-corrected chi connectivity index (χ1v) is 7.20. The summed E-state index contributed by atoms with van der Waals surface area (Å²) >= 11 is 0. The maximum absolute atomic E-state index is 12.0. The summed E-state index contributed by atoms with van der Waals surface area (Å²) in [4.78, 5) is 38.2. The predicted octanol–water partition coefficient (Wildman–Crippen LogP) is 2.06. The van der Waals surface area contributed by atoms with E-state index >= 15 is 0 Å². The monoisotopic (exact) mass is 340 g/mol. The van der Waals surface area contributed by atoms with Crippen molar-refractivity contribution in [3.8, 4) is 5.88 Å². The second-order valence-electron chi connectivity index (χ2n) is 5.76. The second-order valence-corrected chi connectivity index (χ2v) is 5.76. The van der Waals surface area contributed by atoms with Crippen LogP contribution in [0.3, 0.4) is 0 Å². The first-order chi connectivity index (χ1) is 11.1. The Bertz CT molecular complexity index is 650. The molecule has 0 saturated carbocycles. The summed E-state index contributed by atoms with van der Waals surface area (Å²) in [5.41, 5.74) is -1.52. The minimum absolute atomic E-state index is 0.0437. The summed E-state index contributed by atoms with van der Waals surface area (Å²) in [6.45, 7) is 6.74. The molecule has 1 aromatic rings. The van der Waals surface area contributed by atoms with Crippen molar-refractivity contribution in [1.29, 1.82) is 0 Å². The topological polar surface area (TPSA) is 118 Å². The lowest BCUT2D eigenvalue weighted by molar-refractivity contribution is -0.386. The zero-order valence-corrected chi connectivity index (χ0v) is 14.2. The van der Waals surface area contributed by atoms with Crippen LogP contribution in [0.4, 0.5) is 5.69 Å². The number of ether oxygens (including phenoxy) is 3. The van der Waals surface area contributed by atoms with E-state index in [4.69, 9.17) is 14.2 Å². The molecular formula is C15H20N2O7. The molecule has 0 atom stereocenters. The number of esters is 2. The maximum Gasteiger partial charge on any atom is 0.345 e. The summed E-state index contributed by atoms with van der Waals surface area (Å²) < 4.78 is 14.9. The van der Waals surface area contributed by atoms with Gasteiger partial charge in [-0.2, -0.15) is 0 Å². The fourth-order valence-corrected chi connectivity index (χ4v) is 1.87. The molecule has 0 aliphatic carbocycles. The zero-order valence-electron chi connectivity index (χ0n) is 14.2. The third-order valence-corrected chi connectivity index (χ3v) is 2.63. The highest BCUT2D eigenvalue weighted by Crippen LogP contribution is 2.30. The van der Waals surface area contributed by atoms with Crippen LogP contribution in [-0.4, -0.2) is 41.2 Å². The summed E-state index contributed by atoms with van der Waals surface area (Å²) in [5, 5.41) is 11.2. The van der Waals surface area contributed by atoms with Crippen LogP contribution in [0.2, 0.25) is 0 Å². The molecule has 0 amide bonds. The van der Waals surface area contributed by atoms with E-state index in [-0.39, 0.29) is 30.2 Å². The molecule has 0 radical (unpaired) electrons. The van der Waals surface area contributed by atoms with Gasteiger partial charge in [0.15, 0.2) is 0 Å². The van der Waals surface area contributed by atoms with Gasteiger partial charge >= 0.3 is 17.6 Å². The van der Waals surface area contributed by atoms with Gasteiger partial charge in [0, 0.05) is 0 Å². The van der Waals surface area contributed by atoms with E-state index in [1.54, 1.807) is 27.7 Å². The van der Waals surface area contributed by atoms with Gasteiger partial charge in [-0.15, -0.1) is 0 Å². The van der Waals surface area contributed by atoms with Gasteiger partial charge in [-0.05, 0) is 33.8 Å². The van der Waals surface area contributed by atoms with E-state index in [9.17, 15) is 19.7 Å². The number of aromatic nitrogens is 1. The molecule has 9 heteroatoms. The fourth-order valence-electron chi connectivity index (χ4n) is 1.87. The van der Waals surface area contributed by atoms with E-state index in [1.165, 1.54) is 7.11 Å². The largest absolute Gasteiger partial charge is 0.476 e. The van der Waals surface area contributed by atoms with Crippen LogP contribution in [-0.2, 0) is 20.7 Å². The van der Waals surface area contributed by atoms with Gasteiger partial charge in [-0.25, -0.2) is 9.78 Å². The van der Waals surface area contributed by atoms with Crippen molar-refractivity contribution in [3.05, 3.63) is 27.4 Å². The van der Waals surface area contributed by atoms with Crippen LogP contribution in [0.15, 0.2) is 6.07 Å². The third kappa shape index (κ3) is 5.18. The van der Waals surface area contributed by atoms with Crippen LogP contribution >= 0.6 is 0 Å². The third-order valence-electron chi connectivity index (χ3n) is 2.63. The van der Waals surface area contributed by atoms with Gasteiger partial charge < -0.3 is 14.2 Å². The molecular weight excluding hydrogens is 320 g/mol. The SMILES string of the molecule is CCOC(=O)c1cc(CC(=O)OC(C)(C)C)nc(OC)c1[N+](=O)[O-]. The number of methoxy groups -OCH3 is 1. The summed E-state index contributed by atoms with van der Waals surface area (Å²) in [5.74, 6) is -1.85. The van der Waals surface area contributed by atoms with Crippen LogP contribution in [0.1, 0.15) is 43.7 Å². The number of rotatable bonds is 6. The molecule has 1 rings (SSSR count). The Morgan fingerprint density at radius 3 is 2.42 bits per heavy atom. The summed E-state index contributed by atoms with van der Waals surface area (Å²) in [6.07, 6.45) is -0.266. The van der Waals surface area contributed by atoms with Gasteiger partial charge in [0.05, 0.1) is 30.8 Å².